The fraction of sp³-hybridized carbons (Fsp3) is 0.531. The van der Waals surface area contributed by atoms with E-state index >= 15 is 0 Å². The van der Waals surface area contributed by atoms with Crippen molar-refractivity contribution in [1.29, 1.82) is 0 Å². The predicted octanol–water partition coefficient (Wildman–Crippen LogP) is 6.04. The first-order valence-corrected chi connectivity index (χ1v) is 25.1. The van der Waals surface area contributed by atoms with Crippen LogP contribution in [0.15, 0.2) is 54.1 Å². The standard InChI is InChI=1S/C49H65N9O7SSi/c1-12-57-38-18-17-31-21-34(38)35(43(57)33-15-13-19-50-41(33)30(6)64-11)23-49(7,8)27-65-47(62)36-16-14-20-58(52-36)46(61)39(22-40-51-37(31)26-66-40)67-53-44(59)42(28(2)3)55(10)48(63)54(9)32-24-56(25-32)45(60)29(4)5/h13,15,17-19,21,26,28,30,32,36,39,42,52H,4,12,14,16,20,22-25,27H2,1-3,5-11H3,(H,53,59)/t30-,36-,39?,42-/m0/s1. The lowest BCUT2D eigenvalue weighted by molar-refractivity contribution is -0.154. The summed E-state index contributed by atoms with van der Waals surface area (Å²) in [6.45, 7) is 19.5. The van der Waals surface area contributed by atoms with Gasteiger partial charge in [0.25, 0.3) is 0 Å². The second kappa shape index (κ2) is 20.4. The Morgan fingerprint density at radius 2 is 1.90 bits per heavy atom. The van der Waals surface area contributed by atoms with E-state index in [0.29, 0.717) is 51.0 Å². The number of cyclic esters (lactones) is 1. The number of hydrazine groups is 1. The normalized spacial score (nSPS) is 19.9. The van der Waals surface area contributed by atoms with Crippen molar-refractivity contribution >= 4 is 61.6 Å². The molecule has 1 aromatic carbocycles. The second-order valence-corrected chi connectivity index (χ2v) is 21.4. The molecule has 0 spiro atoms. The van der Waals surface area contributed by atoms with Crippen LogP contribution in [0.5, 0.6) is 0 Å². The number of benzene rings is 1. The smallest absolute Gasteiger partial charge is 0.324 e. The van der Waals surface area contributed by atoms with Gasteiger partial charge in [-0.15, -0.1) is 11.3 Å². The predicted molar refractivity (Wildman–Crippen MR) is 260 cm³/mol. The van der Waals surface area contributed by atoms with Gasteiger partial charge in [0.15, 0.2) is 9.68 Å². The molecule has 1 unspecified atom stereocenters. The third-order valence-corrected chi connectivity index (χ3v) is 15.3. The van der Waals surface area contributed by atoms with Gasteiger partial charge in [-0.3, -0.25) is 29.2 Å². The zero-order chi connectivity index (χ0) is 48.5. The average Bonchev–Trinajstić information content (AvgIpc) is 3.89. The number of carbonyl (C=O) groups excluding carboxylic acids is 5. The zero-order valence-corrected chi connectivity index (χ0v) is 42.3. The number of hydrogen-bond acceptors (Lipinski definition) is 11. The number of esters is 1. The first kappa shape index (κ1) is 49.5. The van der Waals surface area contributed by atoms with Crippen LogP contribution in [0, 0.1) is 11.3 Å². The number of ether oxygens (including phenoxy) is 2. The molecule has 4 aromatic rings. The summed E-state index contributed by atoms with van der Waals surface area (Å²) < 4.78 is 14.3. The van der Waals surface area contributed by atoms with Gasteiger partial charge in [0.2, 0.25) is 17.7 Å². The van der Waals surface area contributed by atoms with E-state index in [1.54, 1.807) is 44.1 Å². The molecule has 358 valence electrons. The van der Waals surface area contributed by atoms with Gasteiger partial charge in [0.05, 0.1) is 46.4 Å². The van der Waals surface area contributed by atoms with Gasteiger partial charge < -0.3 is 33.7 Å². The molecule has 3 aromatic heterocycles. The molecule has 6 bridgehead atoms. The summed E-state index contributed by atoms with van der Waals surface area (Å²) in [5.74, 6) is -1.49. The van der Waals surface area contributed by atoms with Crippen LogP contribution in [-0.4, -0.2) is 139 Å². The summed E-state index contributed by atoms with van der Waals surface area (Å²) in [6, 6.07) is 8.34. The Morgan fingerprint density at radius 1 is 1.15 bits per heavy atom. The number of nitrogens with zero attached hydrogens (tertiary/aromatic N) is 7. The first-order chi connectivity index (χ1) is 31.8. The molecule has 2 radical (unpaired) electrons. The summed E-state index contributed by atoms with van der Waals surface area (Å²) in [5, 5.41) is 5.30. The maximum Gasteiger partial charge on any atom is 0.324 e. The second-order valence-electron chi connectivity index (χ2n) is 19.2. The van der Waals surface area contributed by atoms with Gasteiger partial charge in [-0.05, 0) is 75.8 Å². The number of rotatable bonds is 11. The maximum atomic E-state index is 14.6. The van der Waals surface area contributed by atoms with Crippen molar-refractivity contribution < 1.29 is 33.4 Å². The molecule has 6 heterocycles. The van der Waals surface area contributed by atoms with Crippen molar-refractivity contribution in [2.24, 2.45) is 11.3 Å². The Hall–Kier alpha value is -5.43. The van der Waals surface area contributed by atoms with E-state index < -0.39 is 29.0 Å². The quantitative estimate of drug-likeness (QED) is 0.103. The van der Waals surface area contributed by atoms with E-state index in [-0.39, 0.29) is 64.5 Å². The number of urea groups is 1. The molecule has 0 saturated carbocycles. The van der Waals surface area contributed by atoms with Crippen LogP contribution in [0.25, 0.3) is 33.4 Å². The largest absolute Gasteiger partial charge is 0.464 e. The number of carbonyl (C=O) groups is 5. The number of nitrogens with one attached hydrogen (secondary N) is 2. The highest BCUT2D eigenvalue weighted by Gasteiger charge is 2.40. The minimum Gasteiger partial charge on any atom is -0.464 e. The SMILES string of the molecule is C=C(C)C(=O)N1CC(N(C)C(=O)N(C)[C@H](C(=O)N[Si]C2Cc3nc(cs3)-c3ccc4c(c3)c(c(-c3cccnc3[C@H](C)OC)n4CC)CC(C)(C)COC(=O)[C@@H]3CCCN(N3)C2=O)C(C)C)C1. The monoisotopic (exact) mass is 951 g/mol. The fourth-order valence-corrected chi connectivity index (χ4v) is 11.4. The van der Waals surface area contributed by atoms with Crippen molar-refractivity contribution in [2.45, 2.75) is 110 Å². The molecule has 2 fully saturated rings. The highest BCUT2D eigenvalue weighted by molar-refractivity contribution is 7.10. The van der Waals surface area contributed by atoms with Gasteiger partial charge >= 0.3 is 12.0 Å². The third kappa shape index (κ3) is 10.4. The van der Waals surface area contributed by atoms with Crippen LogP contribution < -0.4 is 10.4 Å². The highest BCUT2D eigenvalue weighted by atomic mass is 32.1. The lowest BCUT2D eigenvalue weighted by atomic mass is 9.84. The number of methoxy groups -OCH3 is 1. The summed E-state index contributed by atoms with van der Waals surface area (Å²) in [7, 11) is 4.60. The molecule has 18 heteroatoms. The first-order valence-electron chi connectivity index (χ1n) is 23.2. The van der Waals surface area contributed by atoms with Crippen molar-refractivity contribution in [2.75, 3.05) is 47.4 Å². The maximum absolute atomic E-state index is 14.6. The number of pyridine rings is 1. The zero-order valence-electron chi connectivity index (χ0n) is 40.5. The molecular weight excluding hydrogens is 887 g/mol. The van der Waals surface area contributed by atoms with E-state index in [9.17, 15) is 24.0 Å². The van der Waals surface area contributed by atoms with Crippen molar-refractivity contribution in [3.63, 3.8) is 0 Å². The van der Waals surface area contributed by atoms with Crippen molar-refractivity contribution in [1.82, 2.24) is 44.7 Å². The third-order valence-electron chi connectivity index (χ3n) is 13.2. The van der Waals surface area contributed by atoms with Gasteiger partial charge in [0, 0.05) is 98.4 Å². The van der Waals surface area contributed by atoms with Crippen LogP contribution in [-0.2, 0) is 48.0 Å². The summed E-state index contributed by atoms with van der Waals surface area (Å²) in [6.07, 6.45) is 3.44. The molecule has 4 atom stereocenters. The van der Waals surface area contributed by atoms with Crippen LogP contribution >= 0.6 is 11.3 Å². The Kier molecular flexibility index (Phi) is 15.1. The minimum absolute atomic E-state index is 0.145. The Morgan fingerprint density at radius 3 is 2.58 bits per heavy atom. The van der Waals surface area contributed by atoms with E-state index in [1.807, 2.05) is 32.2 Å². The van der Waals surface area contributed by atoms with Crippen LogP contribution in [0.1, 0.15) is 83.7 Å². The van der Waals surface area contributed by atoms with Gasteiger partial charge in [-0.25, -0.2) is 15.2 Å². The molecule has 2 N–H and O–H groups in total. The average molecular weight is 952 g/mol. The number of fused-ring (bicyclic) bond motifs is 6. The van der Waals surface area contributed by atoms with Crippen LogP contribution in [0.2, 0.25) is 5.54 Å². The molecule has 5 amide bonds. The highest BCUT2D eigenvalue weighted by Crippen LogP contribution is 2.42. The Bertz CT molecular complexity index is 2530. The Labute approximate surface area is 400 Å². The number of likely N-dealkylation sites (tertiary alicyclic amines) is 1. The van der Waals surface area contributed by atoms with Crippen molar-refractivity contribution in [3.8, 4) is 22.5 Å². The molecule has 3 aliphatic rings. The lowest BCUT2D eigenvalue weighted by Crippen LogP contribution is -2.64. The van der Waals surface area contributed by atoms with Gasteiger partial charge in [0.1, 0.15) is 12.1 Å². The number of hydrogen-bond donors (Lipinski definition) is 2. The number of aryl methyl sites for hydroxylation is 1. The Balaban J connectivity index is 1.20. The molecule has 3 aliphatic heterocycles. The van der Waals surface area contributed by atoms with Gasteiger partial charge in [-0.2, -0.15) is 0 Å². The number of aromatic nitrogens is 3. The molecule has 7 rings (SSSR count). The minimum atomic E-state index is -0.844. The van der Waals surface area contributed by atoms with Crippen LogP contribution in [0.4, 0.5) is 4.79 Å². The van der Waals surface area contributed by atoms with E-state index in [1.165, 1.54) is 21.2 Å². The molecular formula is C49H65N9O7SSi. The fourth-order valence-electron chi connectivity index (χ4n) is 9.38. The topological polar surface area (TPSA) is 172 Å². The summed E-state index contributed by atoms with van der Waals surface area (Å²) in [5.41, 5.74) is 9.14. The number of likely N-dealkylation sites (N-methyl/N-ethyl adjacent to an activating group) is 2. The van der Waals surface area contributed by atoms with Gasteiger partial charge in [-0.1, -0.05) is 40.3 Å². The lowest BCUT2D eigenvalue weighted by Gasteiger charge is -2.45. The number of amides is 5. The molecule has 0 aliphatic carbocycles. The van der Waals surface area contributed by atoms with Crippen LogP contribution in [0.3, 0.4) is 0 Å². The molecule has 2 saturated heterocycles. The summed E-state index contributed by atoms with van der Waals surface area (Å²) in [4.78, 5) is 86.4. The molecule has 16 nitrogen and oxygen atoms in total. The number of thiazole rings is 1. The van der Waals surface area contributed by atoms with Crippen molar-refractivity contribution in [3.05, 3.63) is 70.3 Å². The summed E-state index contributed by atoms with van der Waals surface area (Å²) >= 11 is 1.46. The van der Waals surface area contributed by atoms with E-state index in [0.717, 1.165) is 49.7 Å². The molecule has 67 heavy (non-hydrogen) atoms. The van der Waals surface area contributed by atoms with E-state index in [2.05, 4.69) is 66.6 Å². The van der Waals surface area contributed by atoms with E-state index in [4.69, 9.17) is 19.4 Å².